The Balaban J connectivity index is 1.37. The van der Waals surface area contributed by atoms with Gasteiger partial charge in [0.25, 0.3) is 5.91 Å². The van der Waals surface area contributed by atoms with E-state index in [1.807, 2.05) is 42.5 Å². The second-order valence-corrected chi connectivity index (χ2v) is 8.20. The average molecular weight is 382 g/mol. The quantitative estimate of drug-likeness (QED) is 0.613. The van der Waals surface area contributed by atoms with Crippen LogP contribution in [0.1, 0.15) is 36.5 Å². The predicted octanol–water partition coefficient (Wildman–Crippen LogP) is 3.39. The summed E-state index contributed by atoms with van der Waals surface area (Å²) in [7, 11) is 0. The minimum atomic E-state index is -0.335. The minimum Gasteiger partial charge on any atom is -0.427 e. The molecule has 2 fully saturated rings. The summed E-state index contributed by atoms with van der Waals surface area (Å²) in [4.78, 5) is 25.6. The first-order valence-electron chi connectivity index (χ1n) is 9.20. The van der Waals surface area contributed by atoms with Crippen molar-refractivity contribution in [3.8, 4) is 5.75 Å². The molecule has 5 nitrogen and oxygen atoms in total. The molecule has 0 aliphatic carbocycles. The molecule has 2 heterocycles. The summed E-state index contributed by atoms with van der Waals surface area (Å²) in [6.07, 6.45) is 3.40. The van der Waals surface area contributed by atoms with E-state index in [4.69, 9.17) is 4.74 Å². The predicted molar refractivity (Wildman–Crippen MR) is 104 cm³/mol. The standard InChI is InChI=1S/C21H22N2O3S/c1-13(24)26-16-3-2-4-18(12-16)27-17-8-5-14(6-9-17)21(25)23-20-11-15-7-10-19(20)22-15/h2-6,8-9,12,15,19-20,22H,7,10-11H2,1H3,(H,23,25). The Morgan fingerprint density at radius 2 is 1.93 bits per heavy atom. The van der Waals surface area contributed by atoms with Gasteiger partial charge in [-0.2, -0.15) is 0 Å². The third-order valence-corrected chi connectivity index (χ3v) is 6.03. The number of hydrogen-bond donors (Lipinski definition) is 2. The van der Waals surface area contributed by atoms with Crippen molar-refractivity contribution in [1.29, 1.82) is 0 Å². The summed E-state index contributed by atoms with van der Waals surface area (Å²) in [5, 5.41) is 6.70. The molecule has 0 spiro atoms. The number of nitrogens with one attached hydrogen (secondary N) is 2. The molecular formula is C21H22N2O3S. The van der Waals surface area contributed by atoms with Crippen molar-refractivity contribution in [3.05, 3.63) is 54.1 Å². The van der Waals surface area contributed by atoms with Crippen molar-refractivity contribution in [3.63, 3.8) is 0 Å². The van der Waals surface area contributed by atoms with E-state index >= 15 is 0 Å². The molecule has 2 aliphatic rings. The van der Waals surface area contributed by atoms with E-state index < -0.39 is 0 Å². The maximum absolute atomic E-state index is 12.5. The Hall–Kier alpha value is -2.31. The maximum atomic E-state index is 12.5. The van der Waals surface area contributed by atoms with Crippen LogP contribution in [0.4, 0.5) is 0 Å². The second-order valence-electron chi connectivity index (χ2n) is 7.06. The van der Waals surface area contributed by atoms with Crippen LogP contribution in [0.15, 0.2) is 58.3 Å². The zero-order valence-electron chi connectivity index (χ0n) is 15.1. The highest BCUT2D eigenvalue weighted by atomic mass is 32.2. The first kappa shape index (κ1) is 18.1. The summed E-state index contributed by atoms with van der Waals surface area (Å²) >= 11 is 1.56. The number of hydrogen-bond acceptors (Lipinski definition) is 5. The number of benzene rings is 2. The third-order valence-electron chi connectivity index (χ3n) is 5.04. The molecule has 0 saturated carbocycles. The van der Waals surface area contributed by atoms with Crippen molar-refractivity contribution in [1.82, 2.24) is 10.6 Å². The van der Waals surface area contributed by atoms with Gasteiger partial charge >= 0.3 is 5.97 Å². The molecule has 1 amide bonds. The minimum absolute atomic E-state index is 0.0113. The van der Waals surface area contributed by atoms with Crippen molar-refractivity contribution in [2.45, 2.75) is 54.1 Å². The lowest BCUT2D eigenvalue weighted by atomic mass is 9.95. The molecule has 140 valence electrons. The van der Waals surface area contributed by atoms with Gasteiger partial charge in [0.1, 0.15) is 5.75 Å². The number of rotatable bonds is 5. The van der Waals surface area contributed by atoms with Gasteiger partial charge in [-0.05, 0) is 61.7 Å². The lowest BCUT2D eigenvalue weighted by Crippen LogP contribution is -2.42. The van der Waals surface area contributed by atoms with Gasteiger partial charge in [0, 0.05) is 40.4 Å². The highest BCUT2D eigenvalue weighted by Crippen LogP contribution is 2.31. The number of carbonyl (C=O) groups excluding carboxylic acids is 2. The summed E-state index contributed by atoms with van der Waals surface area (Å²) in [6, 6.07) is 16.2. The molecule has 27 heavy (non-hydrogen) atoms. The van der Waals surface area contributed by atoms with Crippen LogP contribution >= 0.6 is 11.8 Å². The van der Waals surface area contributed by atoms with Gasteiger partial charge in [-0.15, -0.1) is 0 Å². The van der Waals surface area contributed by atoms with Crippen LogP contribution in [0.5, 0.6) is 5.75 Å². The molecule has 2 bridgehead atoms. The van der Waals surface area contributed by atoms with Crippen molar-refractivity contribution in [2.75, 3.05) is 0 Å². The van der Waals surface area contributed by atoms with Gasteiger partial charge in [0.15, 0.2) is 0 Å². The van der Waals surface area contributed by atoms with Gasteiger partial charge in [-0.3, -0.25) is 9.59 Å². The average Bonchev–Trinajstić information content (AvgIpc) is 3.25. The lowest BCUT2D eigenvalue weighted by molar-refractivity contribution is -0.131. The van der Waals surface area contributed by atoms with Crippen LogP contribution in [0.2, 0.25) is 0 Å². The Morgan fingerprint density at radius 1 is 1.11 bits per heavy atom. The Bertz CT molecular complexity index is 853. The molecule has 4 rings (SSSR count). The van der Waals surface area contributed by atoms with Crippen LogP contribution in [-0.4, -0.2) is 30.0 Å². The summed E-state index contributed by atoms with van der Waals surface area (Å²) in [5.74, 6) is 0.184. The zero-order valence-corrected chi connectivity index (χ0v) is 15.9. The molecule has 2 aliphatic heterocycles. The zero-order chi connectivity index (χ0) is 18.8. The number of fused-ring (bicyclic) bond motifs is 2. The fourth-order valence-corrected chi connectivity index (χ4v) is 4.68. The molecule has 0 radical (unpaired) electrons. The van der Waals surface area contributed by atoms with E-state index in [1.165, 1.54) is 13.3 Å². The molecule has 2 N–H and O–H groups in total. The van der Waals surface area contributed by atoms with Crippen LogP contribution < -0.4 is 15.4 Å². The fourth-order valence-electron chi connectivity index (χ4n) is 3.81. The van der Waals surface area contributed by atoms with Gasteiger partial charge in [0.05, 0.1) is 0 Å². The topological polar surface area (TPSA) is 67.4 Å². The SMILES string of the molecule is CC(=O)Oc1cccc(Sc2ccc(C(=O)NC3CC4CCC3N4)cc2)c1. The Labute approximate surface area is 162 Å². The Kier molecular flexibility index (Phi) is 5.18. The van der Waals surface area contributed by atoms with Crippen LogP contribution in [0, 0.1) is 0 Å². The van der Waals surface area contributed by atoms with E-state index in [-0.39, 0.29) is 17.9 Å². The highest BCUT2D eigenvalue weighted by Gasteiger charge is 2.39. The van der Waals surface area contributed by atoms with E-state index in [0.29, 0.717) is 23.4 Å². The largest absolute Gasteiger partial charge is 0.427 e. The molecule has 6 heteroatoms. The second kappa shape index (κ2) is 7.74. The van der Waals surface area contributed by atoms with Gasteiger partial charge in [-0.1, -0.05) is 17.8 Å². The number of amides is 1. The first-order valence-corrected chi connectivity index (χ1v) is 10.0. The van der Waals surface area contributed by atoms with Crippen molar-refractivity contribution < 1.29 is 14.3 Å². The van der Waals surface area contributed by atoms with Gasteiger partial charge < -0.3 is 15.4 Å². The van der Waals surface area contributed by atoms with Gasteiger partial charge in [0.2, 0.25) is 0 Å². The molecule has 2 saturated heterocycles. The van der Waals surface area contributed by atoms with E-state index in [9.17, 15) is 9.59 Å². The monoisotopic (exact) mass is 382 g/mol. The first-order chi connectivity index (χ1) is 13.1. The van der Waals surface area contributed by atoms with Crippen LogP contribution in [-0.2, 0) is 4.79 Å². The number of esters is 1. The molecule has 0 aromatic heterocycles. The van der Waals surface area contributed by atoms with Crippen LogP contribution in [0.25, 0.3) is 0 Å². The van der Waals surface area contributed by atoms with Crippen molar-refractivity contribution in [2.24, 2.45) is 0 Å². The van der Waals surface area contributed by atoms with E-state index in [1.54, 1.807) is 17.8 Å². The smallest absolute Gasteiger partial charge is 0.308 e. The van der Waals surface area contributed by atoms with E-state index in [2.05, 4.69) is 10.6 Å². The Morgan fingerprint density at radius 3 is 2.59 bits per heavy atom. The molecule has 3 unspecified atom stereocenters. The number of ether oxygens (including phenoxy) is 1. The molecule has 3 atom stereocenters. The summed E-state index contributed by atoms with van der Waals surface area (Å²) in [5.41, 5.74) is 0.677. The highest BCUT2D eigenvalue weighted by molar-refractivity contribution is 7.99. The third kappa shape index (κ3) is 4.34. The molecular weight excluding hydrogens is 360 g/mol. The lowest BCUT2D eigenvalue weighted by Gasteiger charge is -2.21. The maximum Gasteiger partial charge on any atom is 0.308 e. The van der Waals surface area contributed by atoms with Crippen molar-refractivity contribution >= 4 is 23.6 Å². The summed E-state index contributed by atoms with van der Waals surface area (Å²) in [6.45, 7) is 1.39. The molecule has 2 aromatic rings. The number of carbonyl (C=O) groups is 2. The van der Waals surface area contributed by atoms with Gasteiger partial charge in [-0.25, -0.2) is 0 Å². The van der Waals surface area contributed by atoms with E-state index in [0.717, 1.165) is 22.6 Å². The fraction of sp³-hybridized carbons (Fsp3) is 0.333. The van der Waals surface area contributed by atoms with Crippen LogP contribution in [0.3, 0.4) is 0 Å². The summed E-state index contributed by atoms with van der Waals surface area (Å²) < 4.78 is 5.12. The molecule has 2 aromatic carbocycles. The normalized spacial score (nSPS) is 23.2.